The monoisotopic (exact) mass is 115 g/mol. The van der Waals surface area contributed by atoms with E-state index in [1.54, 1.807) is 7.11 Å². The summed E-state index contributed by atoms with van der Waals surface area (Å²) in [5, 5.41) is 0. The number of likely N-dealkylation sites (tertiary alicyclic amines) is 1. The van der Waals surface area contributed by atoms with Crippen LogP contribution in [0.1, 0.15) is 6.42 Å². The Hall–Kier alpha value is -0.0800. The molecule has 0 aromatic heterocycles. The zero-order chi connectivity index (χ0) is 5.98. The predicted molar refractivity (Wildman–Crippen MR) is 31.5 cm³/mol. The normalized spacial score (nSPS) is 38.2. The molecule has 1 rings (SSSR count). The summed E-state index contributed by atoms with van der Waals surface area (Å²) in [6.07, 6.45) is 1.65. The van der Waals surface area contributed by atoms with Gasteiger partial charge < -0.3 is 9.64 Å². The lowest BCUT2D eigenvalue weighted by Gasteiger charge is -2.11. The van der Waals surface area contributed by atoms with E-state index in [9.17, 15) is 0 Å². The molecule has 0 aromatic rings. The van der Waals surface area contributed by atoms with Gasteiger partial charge in [0.05, 0.1) is 13.1 Å². The molecule has 0 saturated carbocycles. The minimum atomic E-state index is 0.475. The lowest BCUT2D eigenvalue weighted by molar-refractivity contribution is -0.841. The topological polar surface area (TPSA) is 13.7 Å². The Morgan fingerprint density at radius 3 is 2.75 bits per heavy atom. The van der Waals surface area contributed by atoms with Gasteiger partial charge >= 0.3 is 0 Å². The smallest absolute Gasteiger partial charge is 0.109 e. The van der Waals surface area contributed by atoms with Gasteiger partial charge in [-0.05, 0) is 0 Å². The first-order chi connectivity index (χ1) is 3.83. The van der Waals surface area contributed by atoms with Gasteiger partial charge in [0.15, 0.2) is 0 Å². The standard InChI is InChI=1S/C6H13NO/c1-7-4-3-6(5-7)8-2/h6-7H,1,3-5H2,2H3/t6-/m0/s1. The fourth-order valence-electron chi connectivity index (χ4n) is 1.09. The molecule has 1 heterocycles. The van der Waals surface area contributed by atoms with Crippen LogP contribution in [0.3, 0.4) is 0 Å². The summed E-state index contributed by atoms with van der Waals surface area (Å²) in [6.45, 7) is 2.25. The molecule has 2 nitrogen and oxygen atoms in total. The molecule has 1 N–H and O–H groups in total. The van der Waals surface area contributed by atoms with Crippen LogP contribution in [-0.4, -0.2) is 26.3 Å². The van der Waals surface area contributed by atoms with Crippen LogP contribution in [0.5, 0.6) is 0 Å². The Kier molecular flexibility index (Phi) is 1.86. The third kappa shape index (κ3) is 1.20. The Labute approximate surface area is 50.4 Å². The predicted octanol–water partition coefficient (Wildman–Crippen LogP) is -0.918. The number of rotatable bonds is 1. The average molecular weight is 115 g/mol. The van der Waals surface area contributed by atoms with E-state index in [0.717, 1.165) is 6.54 Å². The van der Waals surface area contributed by atoms with Crippen LogP contribution in [0.2, 0.25) is 0 Å². The van der Waals surface area contributed by atoms with Crippen molar-refractivity contribution in [2.45, 2.75) is 12.5 Å². The molecule has 0 amide bonds. The summed E-state index contributed by atoms with van der Waals surface area (Å²) in [4.78, 5) is 1.34. The van der Waals surface area contributed by atoms with Crippen LogP contribution in [0, 0.1) is 7.05 Å². The van der Waals surface area contributed by atoms with Gasteiger partial charge in [-0.2, -0.15) is 7.05 Å². The molecule has 0 radical (unpaired) electrons. The summed E-state index contributed by atoms with van der Waals surface area (Å²) in [7, 11) is 5.64. The molecule has 1 aliphatic rings. The van der Waals surface area contributed by atoms with Crippen LogP contribution in [0.25, 0.3) is 0 Å². The van der Waals surface area contributed by atoms with Crippen molar-refractivity contribution in [3.63, 3.8) is 0 Å². The van der Waals surface area contributed by atoms with E-state index in [1.165, 1.54) is 17.9 Å². The van der Waals surface area contributed by atoms with Crippen LogP contribution < -0.4 is 4.90 Å². The van der Waals surface area contributed by atoms with E-state index < -0.39 is 0 Å². The van der Waals surface area contributed by atoms with Crippen LogP contribution in [0.4, 0.5) is 0 Å². The average Bonchev–Trinajstić information content (AvgIpc) is 2.14. The first-order valence-corrected chi connectivity index (χ1v) is 3.02. The summed E-state index contributed by atoms with van der Waals surface area (Å²) in [5.74, 6) is 0. The van der Waals surface area contributed by atoms with Gasteiger partial charge in [0.1, 0.15) is 6.10 Å². The zero-order valence-corrected chi connectivity index (χ0v) is 5.31. The lowest BCUT2D eigenvalue weighted by Crippen LogP contribution is -3.05. The summed E-state index contributed by atoms with van der Waals surface area (Å²) < 4.78 is 5.12. The molecule has 1 saturated heterocycles. The Balaban J connectivity index is 2.22. The van der Waals surface area contributed by atoms with Crippen molar-refractivity contribution in [2.24, 2.45) is 0 Å². The van der Waals surface area contributed by atoms with E-state index >= 15 is 0 Å². The fraction of sp³-hybridized carbons (Fsp3) is 0.833. The van der Waals surface area contributed by atoms with Crippen molar-refractivity contribution in [3.8, 4) is 0 Å². The second-order valence-corrected chi connectivity index (χ2v) is 2.35. The first kappa shape index (κ1) is 6.05. The highest BCUT2D eigenvalue weighted by Gasteiger charge is 2.18. The molecule has 1 fully saturated rings. The molecular formula is C6H13NO. The van der Waals surface area contributed by atoms with Gasteiger partial charge in [-0.25, -0.2) is 0 Å². The highest BCUT2D eigenvalue weighted by molar-refractivity contribution is 4.59. The van der Waals surface area contributed by atoms with Crippen molar-refractivity contribution < 1.29 is 9.64 Å². The molecule has 1 aliphatic heterocycles. The van der Waals surface area contributed by atoms with Gasteiger partial charge in [0, 0.05) is 13.5 Å². The molecule has 2 heteroatoms. The molecular weight excluding hydrogens is 102 g/mol. The number of nitrogens with one attached hydrogen (secondary N) is 1. The van der Waals surface area contributed by atoms with Gasteiger partial charge in [-0.15, -0.1) is 0 Å². The van der Waals surface area contributed by atoms with E-state index in [2.05, 4.69) is 7.05 Å². The zero-order valence-electron chi connectivity index (χ0n) is 5.31. The second-order valence-electron chi connectivity index (χ2n) is 2.35. The lowest BCUT2D eigenvalue weighted by atomic mass is 10.3. The first-order valence-electron chi connectivity index (χ1n) is 3.02. The number of hydrogen-bond donors (Lipinski definition) is 1. The maximum atomic E-state index is 5.12. The van der Waals surface area contributed by atoms with Gasteiger partial charge in [-0.3, -0.25) is 0 Å². The van der Waals surface area contributed by atoms with Crippen LogP contribution in [0.15, 0.2) is 0 Å². The van der Waals surface area contributed by atoms with E-state index in [-0.39, 0.29) is 0 Å². The molecule has 2 atom stereocenters. The maximum Gasteiger partial charge on any atom is 0.109 e. The second kappa shape index (κ2) is 2.46. The highest BCUT2D eigenvalue weighted by Crippen LogP contribution is 1.95. The van der Waals surface area contributed by atoms with E-state index in [0.29, 0.717) is 6.10 Å². The highest BCUT2D eigenvalue weighted by atomic mass is 16.5. The fourth-order valence-corrected chi connectivity index (χ4v) is 1.09. The number of ether oxygens (including phenoxy) is 1. The molecule has 0 bridgehead atoms. The SMILES string of the molecule is [CH2-][NH+]1CC[C@H](OC)C1. The number of methoxy groups -OCH3 is 1. The van der Waals surface area contributed by atoms with Gasteiger partial charge in [-0.1, -0.05) is 0 Å². The van der Waals surface area contributed by atoms with E-state index in [4.69, 9.17) is 4.74 Å². The quantitative estimate of drug-likeness (QED) is 0.436. The Morgan fingerprint density at radius 1 is 1.75 bits per heavy atom. The largest absolute Gasteiger partial charge is 0.466 e. The summed E-state index contributed by atoms with van der Waals surface area (Å²) in [6, 6.07) is 0. The maximum absolute atomic E-state index is 5.12. The molecule has 8 heavy (non-hydrogen) atoms. The van der Waals surface area contributed by atoms with Crippen molar-refractivity contribution >= 4 is 0 Å². The summed E-state index contributed by atoms with van der Waals surface area (Å²) >= 11 is 0. The Bertz CT molecular complexity index is 74.9. The third-order valence-electron chi connectivity index (χ3n) is 1.67. The van der Waals surface area contributed by atoms with Crippen molar-refractivity contribution in [3.05, 3.63) is 7.05 Å². The van der Waals surface area contributed by atoms with E-state index in [1.807, 2.05) is 0 Å². The van der Waals surface area contributed by atoms with Crippen molar-refractivity contribution in [2.75, 3.05) is 20.2 Å². The van der Waals surface area contributed by atoms with Gasteiger partial charge in [0.2, 0.25) is 0 Å². The summed E-state index contributed by atoms with van der Waals surface area (Å²) in [5.41, 5.74) is 0. The molecule has 0 spiro atoms. The van der Waals surface area contributed by atoms with Gasteiger partial charge in [0.25, 0.3) is 0 Å². The molecule has 0 aromatic carbocycles. The van der Waals surface area contributed by atoms with Crippen molar-refractivity contribution in [1.29, 1.82) is 0 Å². The van der Waals surface area contributed by atoms with Crippen LogP contribution >= 0.6 is 0 Å². The van der Waals surface area contributed by atoms with Crippen molar-refractivity contribution in [1.82, 2.24) is 0 Å². The number of quaternary nitrogens is 1. The molecule has 0 aliphatic carbocycles. The molecule has 1 unspecified atom stereocenters. The minimum absolute atomic E-state index is 0.475. The Morgan fingerprint density at radius 2 is 2.50 bits per heavy atom. The van der Waals surface area contributed by atoms with Crippen LogP contribution in [-0.2, 0) is 4.74 Å². The minimum Gasteiger partial charge on any atom is -0.466 e. The molecule has 48 valence electrons. The number of hydrogen-bond acceptors (Lipinski definition) is 1. The third-order valence-corrected chi connectivity index (χ3v) is 1.67.